The number of hydrogen-bond acceptors (Lipinski definition) is 4. The van der Waals surface area contributed by atoms with Gasteiger partial charge in [0.2, 0.25) is 5.43 Å². The smallest absolute Gasteiger partial charge is 0.216 e. The van der Waals surface area contributed by atoms with Gasteiger partial charge in [-0.15, -0.1) is 0 Å². The number of para-hydroxylation sites is 2. The van der Waals surface area contributed by atoms with Gasteiger partial charge in [0.05, 0.1) is 16.7 Å². The molecule has 0 atom stereocenters. The van der Waals surface area contributed by atoms with Gasteiger partial charge in [0, 0.05) is 6.42 Å². The Morgan fingerprint density at radius 2 is 1.68 bits per heavy atom. The number of hydrogen-bond donors (Lipinski definition) is 0. The van der Waals surface area contributed by atoms with E-state index in [0.29, 0.717) is 28.8 Å². The highest BCUT2D eigenvalue weighted by Crippen LogP contribution is 2.24. The van der Waals surface area contributed by atoms with Gasteiger partial charge in [-0.2, -0.15) is 5.10 Å². The summed E-state index contributed by atoms with van der Waals surface area (Å²) in [4.78, 5) is 22.7. The molecule has 6 heteroatoms. The average Bonchev–Trinajstić information content (AvgIpc) is 3.10. The van der Waals surface area contributed by atoms with Crippen LogP contribution in [0.5, 0.6) is 0 Å². The van der Waals surface area contributed by atoms with Gasteiger partial charge in [-0.3, -0.25) is 9.20 Å². The Morgan fingerprint density at radius 3 is 2.43 bits per heavy atom. The Bertz CT molecular complexity index is 1430. The Balaban J connectivity index is 2.02. The number of benzene rings is 2. The fourth-order valence-corrected chi connectivity index (χ4v) is 3.67. The lowest BCUT2D eigenvalue weighted by molar-refractivity contribution is 0.817. The second-order valence-corrected chi connectivity index (χ2v) is 7.00. The highest BCUT2D eigenvalue weighted by atomic mass is 16.1. The first-order chi connectivity index (χ1) is 13.6. The van der Waals surface area contributed by atoms with E-state index in [1.807, 2.05) is 59.9 Å². The predicted octanol–water partition coefficient (Wildman–Crippen LogP) is 3.76. The molecule has 6 nitrogen and oxygen atoms in total. The van der Waals surface area contributed by atoms with Crippen molar-refractivity contribution in [3.05, 3.63) is 75.8 Å². The van der Waals surface area contributed by atoms with Crippen molar-refractivity contribution in [1.29, 1.82) is 0 Å². The number of fused-ring (bicyclic) bond motifs is 5. The molecule has 0 N–H and O–H groups in total. The zero-order valence-electron chi connectivity index (χ0n) is 16.0. The largest absolute Gasteiger partial charge is 0.287 e. The summed E-state index contributed by atoms with van der Waals surface area (Å²) in [5.41, 5.74) is 5.31. The van der Waals surface area contributed by atoms with E-state index >= 15 is 0 Å². The molecule has 0 amide bonds. The van der Waals surface area contributed by atoms with Crippen LogP contribution in [0.1, 0.15) is 24.0 Å². The van der Waals surface area contributed by atoms with Crippen molar-refractivity contribution in [2.24, 2.45) is 0 Å². The summed E-state index contributed by atoms with van der Waals surface area (Å²) in [6, 6.07) is 15.9. The monoisotopic (exact) mass is 369 g/mol. The Labute approximate surface area is 161 Å². The normalized spacial score (nSPS) is 11.7. The second-order valence-electron chi connectivity index (χ2n) is 7.00. The van der Waals surface area contributed by atoms with Gasteiger partial charge >= 0.3 is 0 Å². The van der Waals surface area contributed by atoms with Crippen LogP contribution < -0.4 is 5.43 Å². The molecule has 0 radical (unpaired) electrons. The van der Waals surface area contributed by atoms with E-state index in [1.54, 1.807) is 11.6 Å². The summed E-state index contributed by atoms with van der Waals surface area (Å²) in [5, 5.41) is 5.04. The predicted molar refractivity (Wildman–Crippen MR) is 110 cm³/mol. The zero-order chi connectivity index (χ0) is 19.4. The number of aryl methyl sites for hydroxylation is 3. The molecular formula is C22H19N5O. The molecule has 28 heavy (non-hydrogen) atoms. The molecule has 0 saturated carbocycles. The van der Waals surface area contributed by atoms with Crippen LogP contribution in [0.25, 0.3) is 33.4 Å². The molecule has 0 fully saturated rings. The maximum absolute atomic E-state index is 13.1. The molecule has 3 aromatic heterocycles. The fraction of sp³-hybridized carbons (Fsp3) is 0.182. The molecule has 5 aromatic rings. The minimum Gasteiger partial charge on any atom is -0.287 e. The minimum atomic E-state index is -0.131. The first-order valence-electron chi connectivity index (χ1n) is 9.35. The lowest BCUT2D eigenvalue weighted by Gasteiger charge is -2.13. The third kappa shape index (κ3) is 2.27. The summed E-state index contributed by atoms with van der Waals surface area (Å²) >= 11 is 0. The summed E-state index contributed by atoms with van der Waals surface area (Å²) in [7, 11) is 0. The van der Waals surface area contributed by atoms with Crippen LogP contribution in [0.15, 0.2) is 53.3 Å². The summed E-state index contributed by atoms with van der Waals surface area (Å²) in [6.45, 7) is 5.83. The SMILES string of the molecule is CCc1nc2c(c(=O)c(C)nn2-c2ccc(C)cc2)c2nc3ccccc3n12. The van der Waals surface area contributed by atoms with Crippen LogP contribution in [0.3, 0.4) is 0 Å². The number of imidazole rings is 1. The van der Waals surface area contributed by atoms with Gasteiger partial charge < -0.3 is 0 Å². The van der Waals surface area contributed by atoms with Gasteiger partial charge in [0.25, 0.3) is 0 Å². The van der Waals surface area contributed by atoms with E-state index in [2.05, 4.69) is 12.0 Å². The van der Waals surface area contributed by atoms with Crippen LogP contribution in [0.4, 0.5) is 0 Å². The van der Waals surface area contributed by atoms with Crippen molar-refractivity contribution < 1.29 is 0 Å². The van der Waals surface area contributed by atoms with Crippen LogP contribution in [0.2, 0.25) is 0 Å². The van der Waals surface area contributed by atoms with Crippen molar-refractivity contribution in [3.8, 4) is 5.69 Å². The van der Waals surface area contributed by atoms with E-state index in [-0.39, 0.29) is 5.43 Å². The van der Waals surface area contributed by atoms with Gasteiger partial charge in [-0.25, -0.2) is 14.6 Å². The molecule has 0 aliphatic carbocycles. The minimum absolute atomic E-state index is 0.131. The molecule has 0 bridgehead atoms. The molecule has 0 unspecified atom stereocenters. The summed E-state index contributed by atoms with van der Waals surface area (Å²) in [6.07, 6.45) is 0.711. The summed E-state index contributed by atoms with van der Waals surface area (Å²) in [5.74, 6) is 0.849. The standard InChI is InChI=1S/C22H19N5O/c1-4-18-24-22-19(21-23-16-7-5-6-8-17(16)26(18)21)20(28)14(3)25-27(22)15-11-9-13(2)10-12-15/h5-12H,4H2,1-3H3. The topological polar surface area (TPSA) is 65.1 Å². The highest BCUT2D eigenvalue weighted by Gasteiger charge is 2.19. The molecule has 0 aliphatic rings. The molecular weight excluding hydrogens is 350 g/mol. The van der Waals surface area contributed by atoms with E-state index < -0.39 is 0 Å². The first-order valence-corrected chi connectivity index (χ1v) is 9.35. The molecule has 2 aromatic carbocycles. The van der Waals surface area contributed by atoms with Crippen molar-refractivity contribution >= 4 is 27.7 Å². The zero-order valence-corrected chi connectivity index (χ0v) is 16.0. The molecule has 3 heterocycles. The molecule has 5 rings (SSSR count). The Hall–Kier alpha value is -3.54. The Kier molecular flexibility index (Phi) is 3.55. The van der Waals surface area contributed by atoms with Gasteiger partial charge in [0.1, 0.15) is 16.9 Å². The van der Waals surface area contributed by atoms with Crippen LogP contribution >= 0.6 is 0 Å². The second kappa shape index (κ2) is 5.99. The first kappa shape index (κ1) is 16.6. The Morgan fingerprint density at radius 1 is 0.929 bits per heavy atom. The van der Waals surface area contributed by atoms with E-state index in [4.69, 9.17) is 9.97 Å². The maximum atomic E-state index is 13.1. The van der Waals surface area contributed by atoms with Gasteiger partial charge in [0.15, 0.2) is 11.3 Å². The summed E-state index contributed by atoms with van der Waals surface area (Å²) < 4.78 is 3.75. The van der Waals surface area contributed by atoms with Crippen LogP contribution in [-0.4, -0.2) is 24.1 Å². The van der Waals surface area contributed by atoms with Gasteiger partial charge in [-0.05, 0) is 38.1 Å². The van der Waals surface area contributed by atoms with Crippen molar-refractivity contribution in [3.63, 3.8) is 0 Å². The van der Waals surface area contributed by atoms with E-state index in [1.165, 1.54) is 0 Å². The number of nitrogens with zero attached hydrogens (tertiary/aromatic N) is 5. The number of aromatic nitrogens is 5. The molecule has 0 aliphatic heterocycles. The van der Waals surface area contributed by atoms with Crippen molar-refractivity contribution in [1.82, 2.24) is 24.1 Å². The van der Waals surface area contributed by atoms with Crippen molar-refractivity contribution in [2.75, 3.05) is 0 Å². The van der Waals surface area contributed by atoms with Crippen LogP contribution in [0, 0.1) is 13.8 Å². The molecule has 0 spiro atoms. The molecule has 0 saturated heterocycles. The van der Waals surface area contributed by atoms with Gasteiger partial charge in [-0.1, -0.05) is 36.8 Å². The third-order valence-electron chi connectivity index (χ3n) is 5.10. The fourth-order valence-electron chi connectivity index (χ4n) is 3.67. The highest BCUT2D eigenvalue weighted by molar-refractivity contribution is 5.95. The lowest BCUT2D eigenvalue weighted by atomic mass is 10.2. The van der Waals surface area contributed by atoms with Crippen LogP contribution in [-0.2, 0) is 6.42 Å². The quantitative estimate of drug-likeness (QED) is 0.475. The van der Waals surface area contributed by atoms with E-state index in [9.17, 15) is 4.79 Å². The molecule has 138 valence electrons. The average molecular weight is 369 g/mol. The van der Waals surface area contributed by atoms with E-state index in [0.717, 1.165) is 28.1 Å². The third-order valence-corrected chi connectivity index (χ3v) is 5.10. The van der Waals surface area contributed by atoms with Crippen molar-refractivity contribution in [2.45, 2.75) is 27.2 Å². The maximum Gasteiger partial charge on any atom is 0.216 e. The number of rotatable bonds is 2. The lowest BCUT2D eigenvalue weighted by Crippen LogP contribution is -2.19.